The Bertz CT molecular complexity index is 1570. The molecule has 7 rings (SSSR count). The molecule has 0 radical (unpaired) electrons. The molecule has 3 aromatic carbocycles. The summed E-state index contributed by atoms with van der Waals surface area (Å²) in [4.78, 5) is 23.1. The highest BCUT2D eigenvalue weighted by Gasteiger charge is 2.58. The minimum atomic E-state index is -0.672. The van der Waals surface area contributed by atoms with Gasteiger partial charge in [0.1, 0.15) is 5.41 Å². The molecule has 32 heavy (non-hydrogen) atoms. The van der Waals surface area contributed by atoms with Crippen molar-refractivity contribution in [2.24, 2.45) is 0 Å². The van der Waals surface area contributed by atoms with Gasteiger partial charge in [-0.3, -0.25) is 4.79 Å². The van der Waals surface area contributed by atoms with E-state index in [1.807, 2.05) is 18.0 Å². The van der Waals surface area contributed by atoms with Gasteiger partial charge in [0.05, 0.1) is 0 Å². The summed E-state index contributed by atoms with van der Waals surface area (Å²) in [6.45, 7) is 2.14. The molecule has 4 heteroatoms. The van der Waals surface area contributed by atoms with Gasteiger partial charge in [-0.25, -0.2) is 0 Å². The number of fused-ring (bicyclic) bond motifs is 7. The largest absolute Gasteiger partial charge is 0.361 e. The first kappa shape index (κ1) is 17.8. The van der Waals surface area contributed by atoms with Crippen molar-refractivity contribution in [3.8, 4) is 0 Å². The third kappa shape index (κ3) is 1.96. The monoisotopic (exact) mass is 417 g/mol. The zero-order chi connectivity index (χ0) is 21.6. The highest BCUT2D eigenvalue weighted by Crippen LogP contribution is 2.60. The first-order chi connectivity index (χ1) is 15.6. The molecule has 2 atom stereocenters. The van der Waals surface area contributed by atoms with Crippen LogP contribution >= 0.6 is 0 Å². The lowest BCUT2D eigenvalue weighted by Gasteiger charge is -2.25. The van der Waals surface area contributed by atoms with Gasteiger partial charge in [-0.1, -0.05) is 54.6 Å². The van der Waals surface area contributed by atoms with Crippen LogP contribution in [0, 0.1) is 6.92 Å². The van der Waals surface area contributed by atoms with Crippen LogP contribution < -0.4 is 4.90 Å². The minimum absolute atomic E-state index is 0.0997. The molecule has 156 valence electrons. The summed E-state index contributed by atoms with van der Waals surface area (Å²) >= 11 is 0. The lowest BCUT2D eigenvalue weighted by molar-refractivity contribution is -0.121. The fraction of sp³-hybridized carbons (Fsp3) is 0.179. The normalized spacial score (nSPS) is 21.8. The van der Waals surface area contributed by atoms with E-state index >= 15 is 0 Å². The number of likely N-dealkylation sites (N-methyl/N-ethyl adjacent to an activating group) is 1. The number of hydrogen-bond acceptors (Lipinski definition) is 1. The Hall–Kier alpha value is -3.79. The van der Waals surface area contributed by atoms with Crippen LogP contribution in [-0.2, 0) is 10.2 Å². The van der Waals surface area contributed by atoms with Crippen LogP contribution in [0.1, 0.15) is 40.3 Å². The van der Waals surface area contributed by atoms with Crippen LogP contribution in [0.15, 0.2) is 72.9 Å². The summed E-state index contributed by atoms with van der Waals surface area (Å²) in [5.74, 6) is 0.268. The maximum Gasteiger partial charge on any atom is 0.242 e. The van der Waals surface area contributed by atoms with E-state index in [9.17, 15) is 4.79 Å². The number of carbonyl (C=O) groups is 1. The molecule has 2 N–H and O–H groups in total. The van der Waals surface area contributed by atoms with Crippen molar-refractivity contribution in [1.82, 2.24) is 9.97 Å². The van der Waals surface area contributed by atoms with E-state index in [1.165, 1.54) is 27.7 Å². The van der Waals surface area contributed by atoms with Gasteiger partial charge in [0.25, 0.3) is 0 Å². The number of nitrogens with one attached hydrogen (secondary N) is 2. The summed E-state index contributed by atoms with van der Waals surface area (Å²) < 4.78 is 0. The number of hydrogen-bond donors (Lipinski definition) is 2. The number of aromatic nitrogens is 2. The summed E-state index contributed by atoms with van der Waals surface area (Å²) in [7, 11) is 1.91. The predicted molar refractivity (Wildman–Crippen MR) is 128 cm³/mol. The Balaban J connectivity index is 1.58. The molecule has 1 aliphatic heterocycles. The maximum atomic E-state index is 14.0. The predicted octanol–water partition coefficient (Wildman–Crippen LogP) is 5.76. The van der Waals surface area contributed by atoms with E-state index in [0.29, 0.717) is 0 Å². The Morgan fingerprint density at radius 2 is 1.75 bits per heavy atom. The van der Waals surface area contributed by atoms with Crippen molar-refractivity contribution in [3.05, 3.63) is 101 Å². The number of rotatable bonds is 1. The molecular weight excluding hydrogens is 394 g/mol. The van der Waals surface area contributed by atoms with E-state index in [4.69, 9.17) is 0 Å². The van der Waals surface area contributed by atoms with Crippen LogP contribution in [0.25, 0.3) is 21.8 Å². The van der Waals surface area contributed by atoms with Crippen LogP contribution in [0.3, 0.4) is 0 Å². The number of anilines is 1. The van der Waals surface area contributed by atoms with Crippen molar-refractivity contribution in [3.63, 3.8) is 0 Å². The molecule has 5 aromatic rings. The highest BCUT2D eigenvalue weighted by molar-refractivity contribution is 6.13. The molecule has 0 bridgehead atoms. The first-order valence-corrected chi connectivity index (χ1v) is 11.2. The minimum Gasteiger partial charge on any atom is -0.361 e. The average molecular weight is 418 g/mol. The number of benzene rings is 3. The molecule has 2 aromatic heterocycles. The molecule has 0 saturated carbocycles. The van der Waals surface area contributed by atoms with E-state index < -0.39 is 5.41 Å². The zero-order valence-electron chi connectivity index (χ0n) is 18.1. The SMILES string of the molecule is Cc1c[nH]c2c([C@H]3C[C@@]4(C(=O)N(C)c5ccccc54)c4c3[nH]c3ccccc43)cccc12. The fourth-order valence-corrected chi connectivity index (χ4v) is 6.34. The zero-order valence-corrected chi connectivity index (χ0v) is 18.1. The number of H-pyrrole nitrogens is 2. The van der Waals surface area contributed by atoms with Gasteiger partial charge in [0.15, 0.2) is 0 Å². The van der Waals surface area contributed by atoms with Gasteiger partial charge in [-0.2, -0.15) is 0 Å². The van der Waals surface area contributed by atoms with E-state index in [2.05, 4.69) is 83.8 Å². The topological polar surface area (TPSA) is 51.9 Å². The molecule has 1 spiro atoms. The second-order valence-corrected chi connectivity index (χ2v) is 9.24. The first-order valence-electron chi connectivity index (χ1n) is 11.2. The van der Waals surface area contributed by atoms with Crippen molar-refractivity contribution in [2.45, 2.75) is 24.7 Å². The highest BCUT2D eigenvalue weighted by atomic mass is 16.2. The van der Waals surface area contributed by atoms with Gasteiger partial charge >= 0.3 is 0 Å². The van der Waals surface area contributed by atoms with Crippen LogP contribution in [0.4, 0.5) is 5.69 Å². The molecule has 3 heterocycles. The van der Waals surface area contributed by atoms with Crippen LogP contribution in [0.2, 0.25) is 0 Å². The third-order valence-electron chi connectivity index (χ3n) is 7.75. The Morgan fingerprint density at radius 3 is 2.66 bits per heavy atom. The van der Waals surface area contributed by atoms with Gasteiger partial charge in [-0.15, -0.1) is 0 Å². The van der Waals surface area contributed by atoms with E-state index in [0.717, 1.165) is 34.1 Å². The van der Waals surface area contributed by atoms with E-state index in [1.54, 1.807) is 0 Å². The second-order valence-electron chi connectivity index (χ2n) is 9.24. The Kier molecular flexibility index (Phi) is 3.30. The number of nitrogens with zero attached hydrogens (tertiary/aromatic N) is 1. The number of para-hydroxylation sites is 3. The standard InChI is InChI=1S/C28H23N3O/c1-16-15-29-25-17(16)9-7-10-18(25)20-14-28(21-11-4-6-13-23(21)31(2)27(28)32)24-19-8-3-5-12-22(19)30-26(20)24/h3-13,15,20,29-30H,14H2,1-2H3/t20-,28+/m1/s1. The number of amides is 1. The second kappa shape index (κ2) is 5.92. The van der Waals surface area contributed by atoms with Crippen molar-refractivity contribution < 1.29 is 4.79 Å². The van der Waals surface area contributed by atoms with Crippen molar-refractivity contribution >= 4 is 33.4 Å². The molecule has 0 saturated heterocycles. The molecule has 4 nitrogen and oxygen atoms in total. The lowest BCUT2D eigenvalue weighted by Crippen LogP contribution is -2.38. The average Bonchev–Trinajstić information content (AvgIpc) is 3.53. The van der Waals surface area contributed by atoms with Crippen molar-refractivity contribution in [1.29, 1.82) is 0 Å². The Morgan fingerprint density at radius 1 is 0.969 bits per heavy atom. The van der Waals surface area contributed by atoms with Crippen LogP contribution in [-0.4, -0.2) is 22.9 Å². The third-order valence-corrected chi connectivity index (χ3v) is 7.75. The number of carbonyl (C=O) groups excluding carboxylic acids is 1. The van der Waals surface area contributed by atoms with Gasteiger partial charge < -0.3 is 14.9 Å². The summed E-state index contributed by atoms with van der Waals surface area (Å²) in [5, 5.41) is 2.40. The number of aryl methyl sites for hydroxylation is 1. The van der Waals surface area contributed by atoms with E-state index in [-0.39, 0.29) is 11.8 Å². The summed E-state index contributed by atoms with van der Waals surface area (Å²) in [5.41, 5.74) is 8.55. The van der Waals surface area contributed by atoms with Crippen LogP contribution in [0.5, 0.6) is 0 Å². The molecule has 1 amide bonds. The van der Waals surface area contributed by atoms with Gasteiger partial charge in [0, 0.05) is 57.9 Å². The molecule has 0 unspecified atom stereocenters. The Labute approximate surface area is 185 Å². The summed E-state index contributed by atoms with van der Waals surface area (Å²) in [6, 6.07) is 23.2. The quantitative estimate of drug-likeness (QED) is 0.358. The van der Waals surface area contributed by atoms with Gasteiger partial charge in [0.2, 0.25) is 5.91 Å². The smallest absolute Gasteiger partial charge is 0.242 e. The van der Waals surface area contributed by atoms with Gasteiger partial charge in [-0.05, 0) is 42.2 Å². The molecule has 2 aliphatic rings. The maximum absolute atomic E-state index is 14.0. The molecular formula is C28H23N3O. The molecule has 1 aliphatic carbocycles. The summed E-state index contributed by atoms with van der Waals surface area (Å²) in [6.07, 6.45) is 2.81. The molecule has 0 fully saturated rings. The number of aromatic amines is 2. The van der Waals surface area contributed by atoms with Crippen molar-refractivity contribution in [2.75, 3.05) is 11.9 Å². The lowest BCUT2D eigenvalue weighted by atomic mass is 9.74. The fourth-order valence-electron chi connectivity index (χ4n) is 6.34.